The van der Waals surface area contributed by atoms with Crippen molar-refractivity contribution in [2.45, 2.75) is 20.8 Å². The molecule has 0 atom stereocenters. The zero-order valence-electron chi connectivity index (χ0n) is 15.5. The number of hydrogen-bond donors (Lipinski definition) is 1. The van der Waals surface area contributed by atoms with Crippen molar-refractivity contribution in [3.63, 3.8) is 0 Å². The van der Waals surface area contributed by atoms with Gasteiger partial charge in [-0.2, -0.15) is 9.36 Å². The fourth-order valence-corrected chi connectivity index (χ4v) is 2.97. The molecule has 0 aliphatic rings. The molecule has 1 amide bonds. The van der Waals surface area contributed by atoms with Crippen LogP contribution in [0.15, 0.2) is 42.5 Å². The van der Waals surface area contributed by atoms with E-state index in [1.54, 1.807) is 0 Å². The van der Waals surface area contributed by atoms with Crippen LogP contribution in [0.4, 0.5) is 5.13 Å². The van der Waals surface area contributed by atoms with Crippen LogP contribution in [-0.4, -0.2) is 28.5 Å². The summed E-state index contributed by atoms with van der Waals surface area (Å²) in [6.07, 6.45) is 0. The maximum atomic E-state index is 12.1. The van der Waals surface area contributed by atoms with E-state index in [1.807, 2.05) is 63.2 Å². The van der Waals surface area contributed by atoms with Crippen molar-refractivity contribution < 1.29 is 14.3 Å². The highest BCUT2D eigenvalue weighted by Gasteiger charge is 2.11. The normalized spacial score (nSPS) is 10.5. The van der Waals surface area contributed by atoms with E-state index in [0.29, 0.717) is 23.3 Å². The molecule has 3 aromatic rings. The second-order valence-corrected chi connectivity index (χ2v) is 6.72. The average Bonchev–Trinajstić information content (AvgIpc) is 3.12. The van der Waals surface area contributed by atoms with Gasteiger partial charge in [0.15, 0.2) is 12.4 Å². The molecular formula is C20H21N3O3S. The van der Waals surface area contributed by atoms with E-state index in [0.717, 1.165) is 28.4 Å². The van der Waals surface area contributed by atoms with Gasteiger partial charge in [-0.1, -0.05) is 6.07 Å². The molecule has 27 heavy (non-hydrogen) atoms. The number of aryl methyl sites for hydroxylation is 2. The predicted molar refractivity (Wildman–Crippen MR) is 107 cm³/mol. The van der Waals surface area contributed by atoms with Crippen molar-refractivity contribution >= 4 is 22.6 Å². The molecule has 2 aromatic carbocycles. The highest BCUT2D eigenvalue weighted by Crippen LogP contribution is 2.23. The van der Waals surface area contributed by atoms with E-state index >= 15 is 0 Å². The number of hydrogen-bond acceptors (Lipinski definition) is 6. The number of ether oxygens (including phenoxy) is 2. The van der Waals surface area contributed by atoms with Gasteiger partial charge in [0.1, 0.15) is 11.5 Å². The number of nitrogens with one attached hydrogen (secondary N) is 1. The van der Waals surface area contributed by atoms with Gasteiger partial charge in [-0.05, 0) is 68.3 Å². The lowest BCUT2D eigenvalue weighted by atomic mass is 10.1. The highest BCUT2D eigenvalue weighted by molar-refractivity contribution is 7.10. The molecule has 0 unspecified atom stereocenters. The quantitative estimate of drug-likeness (QED) is 0.661. The Morgan fingerprint density at radius 2 is 1.78 bits per heavy atom. The number of rotatable bonds is 7. The molecule has 3 rings (SSSR count). The summed E-state index contributed by atoms with van der Waals surface area (Å²) >= 11 is 1.13. The molecule has 140 valence electrons. The van der Waals surface area contributed by atoms with E-state index in [1.165, 1.54) is 5.56 Å². The van der Waals surface area contributed by atoms with E-state index < -0.39 is 0 Å². The van der Waals surface area contributed by atoms with Crippen molar-refractivity contribution in [1.82, 2.24) is 9.36 Å². The number of nitrogens with zero attached hydrogens (tertiary/aromatic N) is 2. The van der Waals surface area contributed by atoms with Crippen LogP contribution in [0.1, 0.15) is 18.1 Å². The zero-order valence-corrected chi connectivity index (χ0v) is 16.3. The maximum Gasteiger partial charge on any atom is 0.264 e. The van der Waals surface area contributed by atoms with Crippen molar-refractivity contribution in [1.29, 1.82) is 0 Å². The van der Waals surface area contributed by atoms with Crippen molar-refractivity contribution in [3.05, 3.63) is 53.6 Å². The second kappa shape index (κ2) is 8.64. The Morgan fingerprint density at radius 1 is 1.04 bits per heavy atom. The first-order valence-corrected chi connectivity index (χ1v) is 9.39. The molecular weight excluding hydrogens is 362 g/mol. The molecule has 0 aliphatic heterocycles. The van der Waals surface area contributed by atoms with Crippen LogP contribution in [-0.2, 0) is 4.79 Å². The fraction of sp³-hybridized carbons (Fsp3) is 0.250. The summed E-state index contributed by atoms with van der Waals surface area (Å²) in [5.41, 5.74) is 3.17. The van der Waals surface area contributed by atoms with E-state index in [9.17, 15) is 4.79 Å². The molecule has 6 nitrogen and oxygen atoms in total. The van der Waals surface area contributed by atoms with Crippen LogP contribution in [0.3, 0.4) is 0 Å². The zero-order chi connectivity index (χ0) is 19.2. The number of anilines is 1. The highest BCUT2D eigenvalue weighted by atomic mass is 32.1. The summed E-state index contributed by atoms with van der Waals surface area (Å²) < 4.78 is 15.2. The molecule has 0 saturated carbocycles. The summed E-state index contributed by atoms with van der Waals surface area (Å²) in [6.45, 7) is 6.51. The third-order valence-electron chi connectivity index (χ3n) is 3.94. The molecule has 0 bridgehead atoms. The summed E-state index contributed by atoms with van der Waals surface area (Å²) in [7, 11) is 0. The van der Waals surface area contributed by atoms with Crippen molar-refractivity contribution in [3.8, 4) is 22.9 Å². The summed E-state index contributed by atoms with van der Waals surface area (Å²) in [6, 6.07) is 13.3. The van der Waals surface area contributed by atoms with Gasteiger partial charge in [0.05, 0.1) is 6.61 Å². The Labute approximate surface area is 162 Å². The number of carbonyl (C=O) groups is 1. The van der Waals surface area contributed by atoms with E-state index in [-0.39, 0.29) is 12.5 Å². The minimum absolute atomic E-state index is 0.0829. The minimum Gasteiger partial charge on any atom is -0.494 e. The molecule has 7 heteroatoms. The second-order valence-electron chi connectivity index (χ2n) is 5.96. The van der Waals surface area contributed by atoms with Gasteiger partial charge in [0, 0.05) is 17.1 Å². The van der Waals surface area contributed by atoms with E-state index in [2.05, 4.69) is 14.7 Å². The molecule has 0 radical (unpaired) electrons. The molecule has 1 N–H and O–H groups in total. The van der Waals surface area contributed by atoms with Gasteiger partial charge < -0.3 is 9.47 Å². The van der Waals surface area contributed by atoms with Crippen molar-refractivity contribution in [2.24, 2.45) is 0 Å². The molecule has 0 fully saturated rings. The van der Waals surface area contributed by atoms with Gasteiger partial charge >= 0.3 is 0 Å². The Bertz CT molecular complexity index is 922. The Hall–Kier alpha value is -2.93. The van der Waals surface area contributed by atoms with Gasteiger partial charge in [0.2, 0.25) is 5.13 Å². The molecule has 0 saturated heterocycles. The number of carbonyl (C=O) groups excluding carboxylic acids is 1. The van der Waals surface area contributed by atoms with Crippen LogP contribution in [0, 0.1) is 13.8 Å². The first-order valence-electron chi connectivity index (χ1n) is 8.62. The lowest BCUT2D eigenvalue weighted by Gasteiger charge is -2.07. The van der Waals surface area contributed by atoms with Crippen LogP contribution in [0.2, 0.25) is 0 Å². The third-order valence-corrected chi connectivity index (χ3v) is 4.57. The average molecular weight is 383 g/mol. The van der Waals surface area contributed by atoms with Gasteiger partial charge in [-0.3, -0.25) is 10.1 Å². The van der Waals surface area contributed by atoms with Gasteiger partial charge in [-0.15, -0.1) is 0 Å². The van der Waals surface area contributed by atoms with Gasteiger partial charge in [0.25, 0.3) is 5.91 Å². The summed E-state index contributed by atoms with van der Waals surface area (Å²) in [4.78, 5) is 16.4. The largest absolute Gasteiger partial charge is 0.494 e. The van der Waals surface area contributed by atoms with Crippen molar-refractivity contribution in [2.75, 3.05) is 18.5 Å². The Morgan fingerprint density at radius 3 is 2.48 bits per heavy atom. The maximum absolute atomic E-state index is 12.1. The van der Waals surface area contributed by atoms with Crippen LogP contribution < -0.4 is 14.8 Å². The summed E-state index contributed by atoms with van der Waals surface area (Å²) in [5, 5.41) is 3.15. The monoisotopic (exact) mass is 383 g/mol. The number of benzene rings is 2. The Kier molecular flexibility index (Phi) is 6.03. The molecule has 0 spiro atoms. The van der Waals surface area contributed by atoms with Crippen LogP contribution in [0.5, 0.6) is 11.5 Å². The molecule has 1 heterocycles. The SMILES string of the molecule is CCOc1ccc(-c2nsc(NC(=O)COc3ccc(C)c(C)c3)n2)cc1. The smallest absolute Gasteiger partial charge is 0.264 e. The topological polar surface area (TPSA) is 73.3 Å². The Balaban J connectivity index is 1.56. The first-order chi connectivity index (χ1) is 13.0. The minimum atomic E-state index is -0.275. The van der Waals surface area contributed by atoms with Crippen LogP contribution >= 0.6 is 11.5 Å². The van der Waals surface area contributed by atoms with Gasteiger partial charge in [-0.25, -0.2) is 0 Å². The number of aromatic nitrogens is 2. The number of amides is 1. The lowest BCUT2D eigenvalue weighted by Crippen LogP contribution is -2.20. The molecule has 1 aromatic heterocycles. The van der Waals surface area contributed by atoms with E-state index in [4.69, 9.17) is 9.47 Å². The standard InChI is InChI=1S/C20H21N3O3S/c1-4-25-16-9-6-15(7-10-16)19-22-20(27-23-19)21-18(24)12-26-17-8-5-13(2)14(3)11-17/h5-11H,4,12H2,1-3H3,(H,21,22,23,24). The van der Waals surface area contributed by atoms with Crippen LogP contribution in [0.25, 0.3) is 11.4 Å². The molecule has 0 aliphatic carbocycles. The first kappa shape index (κ1) is 18.8. The lowest BCUT2D eigenvalue weighted by molar-refractivity contribution is -0.118. The summed E-state index contributed by atoms with van der Waals surface area (Å²) in [5.74, 6) is 1.75. The fourth-order valence-electron chi connectivity index (χ4n) is 2.37. The third kappa shape index (κ3) is 5.04. The predicted octanol–water partition coefficient (Wildman–Crippen LogP) is 4.24.